The molecule has 0 unspecified atom stereocenters. The number of hydrogen-bond donors (Lipinski definition) is 1. The van der Waals surface area contributed by atoms with Crippen molar-refractivity contribution in [1.29, 1.82) is 0 Å². The van der Waals surface area contributed by atoms with Crippen LogP contribution in [0.25, 0.3) is 0 Å². The first kappa shape index (κ1) is 11.1. The van der Waals surface area contributed by atoms with Crippen molar-refractivity contribution in [3.8, 4) is 0 Å². The minimum Gasteiger partial charge on any atom is -0.412 e. The molecule has 1 rings (SSSR count). The first-order valence-electron chi connectivity index (χ1n) is 2.65. The second-order valence-electron chi connectivity index (χ2n) is 2.04. The van der Waals surface area contributed by atoms with Gasteiger partial charge in [-0.3, -0.25) is 0 Å². The van der Waals surface area contributed by atoms with E-state index in [-0.39, 0.29) is 17.9 Å². The SMILES string of the molecule is Cl.NC1CCCC1.O. The van der Waals surface area contributed by atoms with Crippen LogP contribution in [0.2, 0.25) is 0 Å². The molecule has 0 aromatic rings. The van der Waals surface area contributed by atoms with Crippen LogP contribution < -0.4 is 5.73 Å². The van der Waals surface area contributed by atoms with Crippen molar-refractivity contribution in [3.05, 3.63) is 0 Å². The van der Waals surface area contributed by atoms with E-state index in [1.807, 2.05) is 0 Å². The van der Waals surface area contributed by atoms with Crippen LogP contribution in [-0.2, 0) is 0 Å². The number of nitrogens with two attached hydrogens (primary N) is 1. The Kier molecular flexibility index (Phi) is 7.40. The van der Waals surface area contributed by atoms with Gasteiger partial charge in [-0.15, -0.1) is 12.4 Å². The minimum atomic E-state index is 0. The molecule has 1 aliphatic carbocycles. The summed E-state index contributed by atoms with van der Waals surface area (Å²) in [5, 5.41) is 0. The van der Waals surface area contributed by atoms with E-state index in [1.54, 1.807) is 0 Å². The molecule has 0 radical (unpaired) electrons. The van der Waals surface area contributed by atoms with Crippen LogP contribution in [0.3, 0.4) is 0 Å². The van der Waals surface area contributed by atoms with Crippen molar-refractivity contribution in [2.24, 2.45) is 5.73 Å². The highest BCUT2D eigenvalue weighted by atomic mass is 35.5. The van der Waals surface area contributed by atoms with Crippen molar-refractivity contribution in [3.63, 3.8) is 0 Å². The molecule has 1 aliphatic rings. The lowest BCUT2D eigenvalue weighted by Gasteiger charge is -1.92. The van der Waals surface area contributed by atoms with E-state index >= 15 is 0 Å². The van der Waals surface area contributed by atoms with E-state index < -0.39 is 0 Å². The summed E-state index contributed by atoms with van der Waals surface area (Å²) in [7, 11) is 0. The lowest BCUT2D eigenvalue weighted by Crippen LogP contribution is -2.13. The van der Waals surface area contributed by atoms with Gasteiger partial charge in [-0.25, -0.2) is 0 Å². The maximum Gasteiger partial charge on any atom is 0.00388 e. The molecular formula is C5H14ClNO. The van der Waals surface area contributed by atoms with Crippen molar-refractivity contribution in [1.82, 2.24) is 0 Å². The van der Waals surface area contributed by atoms with Gasteiger partial charge in [0.2, 0.25) is 0 Å². The highest BCUT2D eigenvalue weighted by Gasteiger charge is 2.07. The largest absolute Gasteiger partial charge is 0.412 e. The highest BCUT2D eigenvalue weighted by Crippen LogP contribution is 2.14. The highest BCUT2D eigenvalue weighted by molar-refractivity contribution is 5.85. The molecule has 1 fully saturated rings. The molecule has 8 heavy (non-hydrogen) atoms. The second kappa shape index (κ2) is 5.35. The monoisotopic (exact) mass is 139 g/mol. The van der Waals surface area contributed by atoms with Crippen molar-refractivity contribution >= 4 is 12.4 Å². The Balaban J connectivity index is 0. The molecule has 0 bridgehead atoms. The van der Waals surface area contributed by atoms with Gasteiger partial charge < -0.3 is 11.2 Å². The molecule has 2 nitrogen and oxygen atoms in total. The van der Waals surface area contributed by atoms with Gasteiger partial charge in [0.05, 0.1) is 0 Å². The quantitative estimate of drug-likeness (QED) is 0.522. The molecule has 52 valence electrons. The molecule has 0 aromatic heterocycles. The molecule has 0 atom stereocenters. The Labute approximate surface area is 56.2 Å². The Hall–Kier alpha value is 0.210. The van der Waals surface area contributed by atoms with Crippen molar-refractivity contribution in [2.75, 3.05) is 0 Å². The summed E-state index contributed by atoms with van der Waals surface area (Å²) >= 11 is 0. The fourth-order valence-electron chi connectivity index (χ4n) is 0.957. The third kappa shape index (κ3) is 3.24. The maximum absolute atomic E-state index is 5.53. The maximum atomic E-state index is 5.53. The molecule has 0 amide bonds. The molecule has 0 saturated heterocycles. The van der Waals surface area contributed by atoms with Gasteiger partial charge in [-0.1, -0.05) is 12.8 Å². The summed E-state index contributed by atoms with van der Waals surface area (Å²) in [6, 6.07) is 0.546. The zero-order valence-electron chi connectivity index (χ0n) is 4.89. The zero-order valence-corrected chi connectivity index (χ0v) is 5.71. The van der Waals surface area contributed by atoms with Crippen LogP contribution in [0, 0.1) is 0 Å². The fourth-order valence-corrected chi connectivity index (χ4v) is 0.957. The van der Waals surface area contributed by atoms with Gasteiger partial charge in [0.1, 0.15) is 0 Å². The van der Waals surface area contributed by atoms with E-state index in [4.69, 9.17) is 5.73 Å². The lowest BCUT2D eigenvalue weighted by atomic mass is 10.3. The van der Waals surface area contributed by atoms with Crippen molar-refractivity contribution < 1.29 is 5.48 Å². The average Bonchev–Trinajstić information content (AvgIpc) is 1.86. The molecular weight excluding hydrogens is 126 g/mol. The Morgan fingerprint density at radius 3 is 1.62 bits per heavy atom. The minimum absolute atomic E-state index is 0. The standard InChI is InChI=1S/C5H11N.ClH.H2O/c6-5-3-1-2-4-5;;/h5H,1-4,6H2;1H;1H2. The molecule has 4 N–H and O–H groups in total. The summed E-state index contributed by atoms with van der Waals surface area (Å²) in [5.41, 5.74) is 5.53. The third-order valence-corrected chi connectivity index (χ3v) is 1.40. The topological polar surface area (TPSA) is 57.5 Å². The molecule has 3 heteroatoms. The smallest absolute Gasteiger partial charge is 0.00388 e. The van der Waals surface area contributed by atoms with Gasteiger partial charge >= 0.3 is 0 Å². The summed E-state index contributed by atoms with van der Waals surface area (Å²) < 4.78 is 0. The summed E-state index contributed by atoms with van der Waals surface area (Å²) in [6.45, 7) is 0. The third-order valence-electron chi connectivity index (χ3n) is 1.40. The first-order chi connectivity index (χ1) is 2.89. The van der Waals surface area contributed by atoms with Crippen molar-refractivity contribution in [2.45, 2.75) is 31.7 Å². The fraction of sp³-hybridized carbons (Fsp3) is 1.00. The van der Waals surface area contributed by atoms with Gasteiger partial charge in [-0.05, 0) is 12.8 Å². The number of hydrogen-bond acceptors (Lipinski definition) is 1. The van der Waals surface area contributed by atoms with E-state index in [9.17, 15) is 0 Å². The van der Waals surface area contributed by atoms with E-state index in [0.717, 1.165) is 0 Å². The Morgan fingerprint density at radius 1 is 1.12 bits per heavy atom. The van der Waals surface area contributed by atoms with Crippen LogP contribution in [0.5, 0.6) is 0 Å². The average molecular weight is 140 g/mol. The van der Waals surface area contributed by atoms with Gasteiger partial charge in [-0.2, -0.15) is 0 Å². The molecule has 0 aromatic carbocycles. The van der Waals surface area contributed by atoms with Crippen LogP contribution >= 0.6 is 12.4 Å². The van der Waals surface area contributed by atoms with E-state index in [2.05, 4.69) is 0 Å². The van der Waals surface area contributed by atoms with Gasteiger partial charge in [0.25, 0.3) is 0 Å². The van der Waals surface area contributed by atoms with Crippen LogP contribution in [0.15, 0.2) is 0 Å². The molecule has 0 spiro atoms. The van der Waals surface area contributed by atoms with Crippen LogP contribution in [0.4, 0.5) is 0 Å². The lowest BCUT2D eigenvalue weighted by molar-refractivity contribution is 0.704. The predicted octanol–water partition coefficient (Wildman–Crippen LogP) is 0.485. The van der Waals surface area contributed by atoms with Gasteiger partial charge in [0, 0.05) is 6.04 Å². The first-order valence-corrected chi connectivity index (χ1v) is 2.65. The van der Waals surface area contributed by atoms with Crippen LogP contribution in [0.1, 0.15) is 25.7 Å². The summed E-state index contributed by atoms with van der Waals surface area (Å²) in [4.78, 5) is 0. The second-order valence-corrected chi connectivity index (χ2v) is 2.04. The summed E-state index contributed by atoms with van der Waals surface area (Å²) in [5.74, 6) is 0. The predicted molar refractivity (Wildman–Crippen MR) is 37.3 cm³/mol. The number of rotatable bonds is 0. The Bertz CT molecular complexity index is 45.7. The van der Waals surface area contributed by atoms with Gasteiger partial charge in [0.15, 0.2) is 0 Å². The molecule has 0 heterocycles. The van der Waals surface area contributed by atoms with E-state index in [0.29, 0.717) is 6.04 Å². The summed E-state index contributed by atoms with van der Waals surface area (Å²) in [6.07, 6.45) is 5.25. The van der Waals surface area contributed by atoms with Crippen LogP contribution in [-0.4, -0.2) is 11.5 Å². The zero-order chi connectivity index (χ0) is 4.41. The Morgan fingerprint density at radius 2 is 1.50 bits per heavy atom. The molecule has 1 saturated carbocycles. The molecule has 0 aliphatic heterocycles. The normalized spacial score (nSPS) is 19.1. The number of halogens is 1. The van der Waals surface area contributed by atoms with E-state index in [1.165, 1.54) is 25.7 Å².